The van der Waals surface area contributed by atoms with Crippen LogP contribution >= 0.6 is 11.6 Å². The lowest BCUT2D eigenvalue weighted by atomic mass is 9.94. The van der Waals surface area contributed by atoms with Crippen LogP contribution in [0.4, 0.5) is 20.4 Å². The molecule has 232 valence electrons. The van der Waals surface area contributed by atoms with Crippen molar-refractivity contribution in [2.45, 2.75) is 45.4 Å². The molecule has 2 aliphatic heterocycles. The van der Waals surface area contributed by atoms with Gasteiger partial charge in [0.2, 0.25) is 5.91 Å². The van der Waals surface area contributed by atoms with E-state index in [1.807, 2.05) is 42.7 Å². The monoisotopic (exact) mass is 624 g/mol. The minimum atomic E-state index is -1.20. The normalized spacial score (nSPS) is 20.2. The van der Waals surface area contributed by atoms with Gasteiger partial charge in [-0.1, -0.05) is 24.2 Å². The third kappa shape index (κ3) is 5.19. The van der Waals surface area contributed by atoms with Crippen molar-refractivity contribution in [1.82, 2.24) is 30.0 Å². The van der Waals surface area contributed by atoms with Gasteiger partial charge in [-0.25, -0.2) is 8.78 Å². The molecule has 2 fully saturated rings. The lowest BCUT2D eigenvalue weighted by molar-refractivity contribution is -0.128. The van der Waals surface area contributed by atoms with E-state index < -0.39 is 11.5 Å². The third-order valence-corrected chi connectivity index (χ3v) is 8.82. The summed E-state index contributed by atoms with van der Waals surface area (Å²) < 4.78 is 36.8. The summed E-state index contributed by atoms with van der Waals surface area (Å²) in [6.07, 6.45) is 1.31. The van der Waals surface area contributed by atoms with E-state index in [0.29, 0.717) is 60.4 Å². The molecule has 13 heteroatoms. The molecule has 10 nitrogen and oxygen atoms in total. The first-order valence-corrected chi connectivity index (χ1v) is 14.9. The molecule has 44 heavy (non-hydrogen) atoms. The van der Waals surface area contributed by atoms with Crippen LogP contribution in [-0.2, 0) is 4.79 Å². The molecule has 0 aliphatic carbocycles. The quantitative estimate of drug-likeness (QED) is 0.279. The van der Waals surface area contributed by atoms with Gasteiger partial charge in [0.25, 0.3) is 0 Å². The zero-order valence-electron chi connectivity index (χ0n) is 25.1. The number of aryl methyl sites for hydroxylation is 1. The SMILES string of the molecule is C=CC(=O)N1C[C@H](C)N(c2nc(OCCN3CC(C)(F)C3)nc3c(F)c(-c4c(C)ccc5[nH]nc(N)c45)c(Cl)cc23)C[C@H]1C. The highest BCUT2D eigenvalue weighted by atomic mass is 35.5. The van der Waals surface area contributed by atoms with Crippen LogP contribution < -0.4 is 15.4 Å². The second-order valence-electron chi connectivity index (χ2n) is 12.1. The lowest BCUT2D eigenvalue weighted by Crippen LogP contribution is -2.58. The standard InChI is InChI=1S/C31H35ClF2N8O2/c1-6-22(43)41-12-18(4)42(13-17(41)3)29-19-11-20(32)24(23-16(2)7-8-21-25(23)28(35)39-38-21)26(33)27(19)36-30(37-29)44-10-9-40-14-31(5,34)15-40/h6-8,11,17-18H,1,9-10,12-15H2,2-5H3,(H3,35,38,39)/t17-,18+/m1/s1. The van der Waals surface area contributed by atoms with Gasteiger partial charge in [-0.05, 0) is 51.5 Å². The summed E-state index contributed by atoms with van der Waals surface area (Å²) in [5.74, 6) is -0.126. The molecule has 4 heterocycles. The van der Waals surface area contributed by atoms with Crippen LogP contribution in [0.2, 0.25) is 5.02 Å². The number of likely N-dealkylation sites (tertiary alicyclic amines) is 1. The van der Waals surface area contributed by atoms with Gasteiger partial charge in [-0.2, -0.15) is 15.1 Å². The van der Waals surface area contributed by atoms with E-state index in [4.69, 9.17) is 27.1 Å². The average molecular weight is 625 g/mol. The van der Waals surface area contributed by atoms with Crippen LogP contribution in [0.1, 0.15) is 26.3 Å². The van der Waals surface area contributed by atoms with E-state index in [1.54, 1.807) is 17.9 Å². The van der Waals surface area contributed by atoms with Gasteiger partial charge in [0.05, 0.1) is 15.9 Å². The van der Waals surface area contributed by atoms with Gasteiger partial charge in [-0.3, -0.25) is 14.8 Å². The van der Waals surface area contributed by atoms with E-state index in [0.717, 1.165) is 5.56 Å². The number of benzene rings is 2. The smallest absolute Gasteiger partial charge is 0.319 e. The second kappa shape index (κ2) is 11.2. The fourth-order valence-electron chi connectivity index (χ4n) is 6.39. The van der Waals surface area contributed by atoms with Gasteiger partial charge in [0.15, 0.2) is 11.6 Å². The maximum absolute atomic E-state index is 16.8. The Balaban J connectivity index is 1.47. The highest BCUT2D eigenvalue weighted by Gasteiger charge is 2.38. The molecule has 0 radical (unpaired) electrons. The Bertz CT molecular complexity index is 1790. The first-order chi connectivity index (χ1) is 20.9. The molecule has 0 saturated carbocycles. The van der Waals surface area contributed by atoms with Crippen molar-refractivity contribution in [1.29, 1.82) is 0 Å². The van der Waals surface area contributed by atoms with Crippen molar-refractivity contribution in [2.24, 2.45) is 0 Å². The Morgan fingerprint density at radius 2 is 2.00 bits per heavy atom. The molecule has 2 aromatic heterocycles. The van der Waals surface area contributed by atoms with E-state index in [9.17, 15) is 9.18 Å². The molecule has 0 unspecified atom stereocenters. The highest BCUT2D eigenvalue weighted by molar-refractivity contribution is 6.35. The summed E-state index contributed by atoms with van der Waals surface area (Å²) in [7, 11) is 0. The number of hydrogen-bond donors (Lipinski definition) is 2. The van der Waals surface area contributed by atoms with Crippen LogP contribution in [0.25, 0.3) is 32.9 Å². The van der Waals surface area contributed by atoms with Gasteiger partial charge in [-0.15, -0.1) is 0 Å². The van der Waals surface area contributed by atoms with Crippen LogP contribution in [-0.4, -0.2) is 93.0 Å². The Hall–Kier alpha value is -4.03. The fraction of sp³-hybridized carbons (Fsp3) is 0.419. The van der Waals surface area contributed by atoms with Gasteiger partial charge < -0.3 is 20.3 Å². The molecule has 4 aromatic rings. The van der Waals surface area contributed by atoms with Gasteiger partial charge >= 0.3 is 6.01 Å². The number of rotatable bonds is 7. The summed E-state index contributed by atoms with van der Waals surface area (Å²) in [6, 6.07) is 5.00. The number of nitrogens with two attached hydrogens (primary N) is 1. The summed E-state index contributed by atoms with van der Waals surface area (Å²) in [6.45, 7) is 13.1. The van der Waals surface area contributed by atoms with Crippen LogP contribution in [0.15, 0.2) is 30.9 Å². The van der Waals surface area contributed by atoms with Gasteiger partial charge in [0.1, 0.15) is 23.6 Å². The molecule has 2 aliphatic rings. The summed E-state index contributed by atoms with van der Waals surface area (Å²) in [5.41, 5.74) is 7.12. The molecular weight excluding hydrogens is 590 g/mol. The number of nitrogens with zero attached hydrogens (tertiary/aromatic N) is 6. The van der Waals surface area contributed by atoms with Crippen molar-refractivity contribution in [3.63, 3.8) is 0 Å². The van der Waals surface area contributed by atoms with Crippen LogP contribution in [0.3, 0.4) is 0 Å². The summed E-state index contributed by atoms with van der Waals surface area (Å²) >= 11 is 6.88. The Labute approximate surface area is 258 Å². The maximum atomic E-state index is 16.8. The second-order valence-corrected chi connectivity index (χ2v) is 12.5. The minimum Gasteiger partial charge on any atom is -0.462 e. The van der Waals surface area contributed by atoms with E-state index in [1.165, 1.54) is 6.08 Å². The number of nitrogens with one attached hydrogen (secondary N) is 1. The zero-order chi connectivity index (χ0) is 31.5. The van der Waals surface area contributed by atoms with E-state index in [2.05, 4.69) is 21.8 Å². The minimum absolute atomic E-state index is 0.00888. The number of halogens is 3. The Kier molecular flexibility index (Phi) is 7.61. The molecule has 3 N–H and O–H groups in total. The number of H-pyrrole nitrogens is 1. The zero-order valence-corrected chi connectivity index (χ0v) is 25.9. The summed E-state index contributed by atoms with van der Waals surface area (Å²) in [4.78, 5) is 27.5. The van der Waals surface area contributed by atoms with Crippen molar-refractivity contribution in [3.8, 4) is 17.1 Å². The number of fused-ring (bicyclic) bond motifs is 2. The Morgan fingerprint density at radius 3 is 2.70 bits per heavy atom. The van der Waals surface area contributed by atoms with Crippen molar-refractivity contribution < 1.29 is 18.3 Å². The number of hydrogen-bond acceptors (Lipinski definition) is 8. The molecule has 2 atom stereocenters. The number of carbonyl (C=O) groups excluding carboxylic acids is 1. The average Bonchev–Trinajstić information content (AvgIpc) is 3.34. The topological polar surface area (TPSA) is 116 Å². The number of amides is 1. The van der Waals surface area contributed by atoms with Gasteiger partial charge in [0, 0.05) is 61.3 Å². The molecule has 0 spiro atoms. The number of aromatic amines is 1. The predicted octanol–water partition coefficient (Wildman–Crippen LogP) is 4.89. The number of anilines is 2. The molecule has 2 aromatic carbocycles. The first kappa shape index (κ1) is 30.0. The number of carbonyl (C=O) groups is 1. The number of aromatic nitrogens is 4. The lowest BCUT2D eigenvalue weighted by Gasteiger charge is -2.44. The van der Waals surface area contributed by atoms with E-state index in [-0.39, 0.29) is 52.5 Å². The summed E-state index contributed by atoms with van der Waals surface area (Å²) in [5, 5.41) is 8.14. The molecule has 1 amide bonds. The van der Waals surface area contributed by atoms with E-state index >= 15 is 4.39 Å². The first-order valence-electron chi connectivity index (χ1n) is 14.6. The maximum Gasteiger partial charge on any atom is 0.319 e. The predicted molar refractivity (Wildman–Crippen MR) is 168 cm³/mol. The third-order valence-electron chi connectivity index (χ3n) is 8.52. The highest BCUT2D eigenvalue weighted by Crippen LogP contribution is 2.44. The van der Waals surface area contributed by atoms with Crippen molar-refractivity contribution >= 4 is 50.9 Å². The fourth-order valence-corrected chi connectivity index (χ4v) is 6.68. The molecule has 0 bridgehead atoms. The number of piperazine rings is 1. The number of ether oxygens (including phenoxy) is 1. The van der Waals surface area contributed by atoms with Crippen LogP contribution in [0.5, 0.6) is 6.01 Å². The number of alkyl halides is 1. The molecular formula is C31H35ClF2N8O2. The Morgan fingerprint density at radius 1 is 1.25 bits per heavy atom. The van der Waals surface area contributed by atoms with Crippen molar-refractivity contribution in [2.75, 3.05) is 50.0 Å². The molecule has 6 rings (SSSR count). The largest absolute Gasteiger partial charge is 0.462 e. The van der Waals surface area contributed by atoms with Crippen molar-refractivity contribution in [3.05, 3.63) is 47.3 Å². The van der Waals surface area contributed by atoms with Crippen LogP contribution in [0, 0.1) is 12.7 Å². The number of nitrogen functional groups attached to an aromatic ring is 1. The molecule has 2 saturated heterocycles.